The van der Waals surface area contributed by atoms with Gasteiger partial charge >= 0.3 is 5.69 Å². The molecule has 3 rings (SSSR count). The van der Waals surface area contributed by atoms with Crippen LogP contribution in [-0.4, -0.2) is 32.2 Å². The van der Waals surface area contributed by atoms with Crippen molar-refractivity contribution in [2.45, 2.75) is 0 Å². The van der Waals surface area contributed by atoms with Crippen LogP contribution in [0.5, 0.6) is 17.2 Å². The molecular weight excluding hydrogens is 396 g/mol. The molecule has 0 aliphatic carbocycles. The predicted octanol–water partition coefficient (Wildman–Crippen LogP) is 4.60. The Kier molecular flexibility index (Phi) is 5.99. The van der Waals surface area contributed by atoms with Crippen molar-refractivity contribution in [1.29, 1.82) is 0 Å². The van der Waals surface area contributed by atoms with Crippen LogP contribution in [-0.2, 0) is 0 Å². The van der Waals surface area contributed by atoms with Gasteiger partial charge in [0.2, 0.25) is 11.5 Å². The summed E-state index contributed by atoms with van der Waals surface area (Å²) in [6, 6.07) is 12.3. The first-order valence-electron chi connectivity index (χ1n) is 8.43. The second-order valence-corrected chi connectivity index (χ2v) is 6.72. The van der Waals surface area contributed by atoms with Crippen LogP contribution in [0.2, 0.25) is 0 Å². The second-order valence-electron chi connectivity index (χ2n) is 5.78. The van der Waals surface area contributed by atoms with E-state index in [-0.39, 0.29) is 22.8 Å². The van der Waals surface area contributed by atoms with E-state index in [9.17, 15) is 14.9 Å². The van der Waals surface area contributed by atoms with E-state index in [4.69, 9.17) is 14.2 Å². The SMILES string of the molecule is COc1cc(C(=O)Nc2ccccc2-c2cccs2)c([N+](=O)[O-])c(OC)c1OC. The largest absolute Gasteiger partial charge is 0.493 e. The Morgan fingerprint density at radius 1 is 1.03 bits per heavy atom. The van der Waals surface area contributed by atoms with E-state index in [0.717, 1.165) is 10.4 Å². The molecule has 0 fully saturated rings. The summed E-state index contributed by atoms with van der Waals surface area (Å²) in [6.07, 6.45) is 0. The molecule has 1 amide bonds. The van der Waals surface area contributed by atoms with Gasteiger partial charge < -0.3 is 19.5 Å². The topological polar surface area (TPSA) is 99.9 Å². The number of carbonyl (C=O) groups excluding carboxylic acids is 1. The van der Waals surface area contributed by atoms with E-state index >= 15 is 0 Å². The molecule has 0 unspecified atom stereocenters. The van der Waals surface area contributed by atoms with Crippen molar-refractivity contribution in [3.63, 3.8) is 0 Å². The zero-order chi connectivity index (χ0) is 21.0. The van der Waals surface area contributed by atoms with Crippen LogP contribution in [0.3, 0.4) is 0 Å². The fourth-order valence-corrected chi connectivity index (χ4v) is 3.69. The fourth-order valence-electron chi connectivity index (χ4n) is 2.92. The van der Waals surface area contributed by atoms with Gasteiger partial charge in [0.1, 0.15) is 5.56 Å². The van der Waals surface area contributed by atoms with E-state index in [2.05, 4.69) is 5.32 Å². The van der Waals surface area contributed by atoms with Gasteiger partial charge in [0.15, 0.2) is 5.75 Å². The molecule has 1 N–H and O–H groups in total. The van der Waals surface area contributed by atoms with Gasteiger partial charge in [-0.2, -0.15) is 0 Å². The molecule has 3 aromatic rings. The highest BCUT2D eigenvalue weighted by atomic mass is 32.1. The number of hydrogen-bond acceptors (Lipinski definition) is 7. The van der Waals surface area contributed by atoms with Crippen molar-refractivity contribution >= 4 is 28.6 Å². The maximum atomic E-state index is 13.0. The first kappa shape index (κ1) is 20.2. The number of nitrogens with zero attached hydrogens (tertiary/aromatic N) is 1. The summed E-state index contributed by atoms with van der Waals surface area (Å²) in [5.41, 5.74) is 0.635. The standard InChI is InChI=1S/C20H18N2O6S/c1-26-15-11-13(17(22(24)25)19(28-3)18(15)27-2)20(23)21-14-8-5-4-7-12(14)16-9-6-10-29-16/h4-11H,1-3H3,(H,21,23). The molecule has 0 saturated heterocycles. The van der Waals surface area contributed by atoms with Crippen molar-refractivity contribution in [3.05, 3.63) is 63.5 Å². The summed E-state index contributed by atoms with van der Waals surface area (Å²) >= 11 is 1.52. The van der Waals surface area contributed by atoms with Crippen LogP contribution in [0, 0.1) is 10.1 Å². The second kappa shape index (κ2) is 8.61. The lowest BCUT2D eigenvalue weighted by molar-refractivity contribution is -0.386. The summed E-state index contributed by atoms with van der Waals surface area (Å²) in [5, 5.41) is 16.4. The predicted molar refractivity (Wildman–Crippen MR) is 110 cm³/mol. The summed E-state index contributed by atoms with van der Waals surface area (Å²) in [6.45, 7) is 0. The summed E-state index contributed by atoms with van der Waals surface area (Å²) < 4.78 is 15.6. The van der Waals surface area contributed by atoms with Gasteiger partial charge in [-0.3, -0.25) is 14.9 Å². The number of hydrogen-bond donors (Lipinski definition) is 1. The third-order valence-electron chi connectivity index (χ3n) is 4.19. The molecule has 9 heteroatoms. The molecule has 0 aliphatic heterocycles. The quantitative estimate of drug-likeness (QED) is 0.448. The van der Waals surface area contributed by atoms with Crippen LogP contribution in [0.25, 0.3) is 10.4 Å². The monoisotopic (exact) mass is 414 g/mol. The van der Waals surface area contributed by atoms with Gasteiger partial charge in [-0.1, -0.05) is 24.3 Å². The number of nitro groups is 1. The maximum absolute atomic E-state index is 13.0. The summed E-state index contributed by atoms with van der Waals surface area (Å²) in [5.74, 6) is -0.669. The highest BCUT2D eigenvalue weighted by Crippen LogP contribution is 2.46. The van der Waals surface area contributed by atoms with Crippen LogP contribution >= 0.6 is 11.3 Å². The van der Waals surface area contributed by atoms with Crippen LogP contribution in [0.1, 0.15) is 10.4 Å². The fraction of sp³-hybridized carbons (Fsp3) is 0.150. The van der Waals surface area contributed by atoms with Crippen molar-refractivity contribution < 1.29 is 23.9 Å². The molecule has 1 heterocycles. The number of nitrogens with one attached hydrogen (secondary N) is 1. The van der Waals surface area contributed by atoms with E-state index in [1.807, 2.05) is 29.6 Å². The first-order chi connectivity index (χ1) is 14.0. The third-order valence-corrected chi connectivity index (χ3v) is 5.10. The zero-order valence-corrected chi connectivity index (χ0v) is 16.7. The van der Waals surface area contributed by atoms with Gasteiger partial charge in [-0.15, -0.1) is 11.3 Å². The minimum Gasteiger partial charge on any atom is -0.493 e. The Balaban J connectivity index is 2.10. The molecule has 8 nitrogen and oxygen atoms in total. The molecule has 0 atom stereocenters. The molecule has 150 valence electrons. The Morgan fingerprint density at radius 2 is 1.76 bits per heavy atom. The number of benzene rings is 2. The minimum absolute atomic E-state index is 0.0391. The number of amides is 1. The molecular formula is C20H18N2O6S. The highest BCUT2D eigenvalue weighted by Gasteiger charge is 2.32. The number of thiophene rings is 1. The Bertz CT molecular complexity index is 1050. The van der Waals surface area contributed by atoms with Crippen molar-refractivity contribution in [2.24, 2.45) is 0 Å². The average Bonchev–Trinajstić information content (AvgIpc) is 3.26. The molecule has 0 aliphatic rings. The van der Waals surface area contributed by atoms with Gasteiger partial charge in [-0.25, -0.2) is 0 Å². The van der Waals surface area contributed by atoms with E-state index < -0.39 is 16.5 Å². The van der Waals surface area contributed by atoms with Crippen molar-refractivity contribution in [3.8, 4) is 27.7 Å². The molecule has 0 bridgehead atoms. The van der Waals surface area contributed by atoms with Gasteiger partial charge in [0, 0.05) is 22.2 Å². The lowest BCUT2D eigenvalue weighted by Crippen LogP contribution is -2.16. The van der Waals surface area contributed by atoms with Crippen LogP contribution in [0.4, 0.5) is 11.4 Å². The Labute approximate surface area is 170 Å². The molecule has 1 aromatic heterocycles. The smallest absolute Gasteiger partial charge is 0.327 e. The van der Waals surface area contributed by atoms with E-state index in [0.29, 0.717) is 5.69 Å². The number of para-hydroxylation sites is 1. The minimum atomic E-state index is -0.680. The van der Waals surface area contributed by atoms with Crippen molar-refractivity contribution in [2.75, 3.05) is 26.6 Å². The number of anilines is 1. The number of methoxy groups -OCH3 is 3. The van der Waals surface area contributed by atoms with Crippen LogP contribution < -0.4 is 19.5 Å². The van der Waals surface area contributed by atoms with Gasteiger partial charge in [0.05, 0.1) is 26.3 Å². The molecule has 0 saturated carbocycles. The molecule has 29 heavy (non-hydrogen) atoms. The lowest BCUT2D eigenvalue weighted by Gasteiger charge is -2.15. The molecule has 2 aromatic carbocycles. The van der Waals surface area contributed by atoms with E-state index in [1.54, 1.807) is 12.1 Å². The highest BCUT2D eigenvalue weighted by molar-refractivity contribution is 7.13. The molecule has 0 radical (unpaired) electrons. The van der Waals surface area contributed by atoms with E-state index in [1.165, 1.54) is 38.7 Å². The average molecular weight is 414 g/mol. The number of ether oxygens (including phenoxy) is 3. The van der Waals surface area contributed by atoms with Crippen LogP contribution in [0.15, 0.2) is 47.8 Å². The van der Waals surface area contributed by atoms with Crippen molar-refractivity contribution in [1.82, 2.24) is 0 Å². The Morgan fingerprint density at radius 3 is 2.34 bits per heavy atom. The van der Waals surface area contributed by atoms with Gasteiger partial charge in [0.25, 0.3) is 5.91 Å². The van der Waals surface area contributed by atoms with Gasteiger partial charge in [-0.05, 0) is 17.5 Å². The first-order valence-corrected chi connectivity index (χ1v) is 9.31. The Hall–Kier alpha value is -3.59. The third kappa shape index (κ3) is 3.85. The number of carbonyl (C=O) groups is 1. The number of nitro benzene ring substituents is 1. The maximum Gasteiger partial charge on any atom is 0.327 e. The molecule has 0 spiro atoms. The normalized spacial score (nSPS) is 10.3. The summed E-state index contributed by atoms with van der Waals surface area (Å²) in [7, 11) is 3.97. The summed E-state index contributed by atoms with van der Waals surface area (Å²) in [4.78, 5) is 25.0. The zero-order valence-electron chi connectivity index (χ0n) is 15.9. The lowest BCUT2D eigenvalue weighted by atomic mass is 10.1. The number of rotatable bonds is 7.